The van der Waals surface area contributed by atoms with Crippen molar-refractivity contribution in [2.24, 2.45) is 7.05 Å². The molecule has 6 nitrogen and oxygen atoms in total. The van der Waals surface area contributed by atoms with Gasteiger partial charge < -0.3 is 4.90 Å². The van der Waals surface area contributed by atoms with Crippen LogP contribution in [0.15, 0.2) is 30.6 Å². The predicted molar refractivity (Wildman–Crippen MR) is 82.0 cm³/mol. The summed E-state index contributed by atoms with van der Waals surface area (Å²) in [5, 5.41) is 3.99. The molecule has 0 saturated carbocycles. The minimum atomic E-state index is -3.34. The van der Waals surface area contributed by atoms with E-state index in [4.69, 9.17) is 0 Å². The lowest BCUT2D eigenvalue weighted by atomic mass is 10.1. The summed E-state index contributed by atoms with van der Waals surface area (Å²) in [5.41, 5.74) is 0.120. The number of carbonyl (C=O) groups is 1. The van der Waals surface area contributed by atoms with Crippen LogP contribution < -0.4 is 0 Å². The second-order valence-corrected chi connectivity index (χ2v) is 7.93. The molecule has 3 rings (SSSR count). The van der Waals surface area contributed by atoms with Crippen molar-refractivity contribution in [2.75, 3.05) is 18.1 Å². The molecule has 1 atom stereocenters. The summed E-state index contributed by atoms with van der Waals surface area (Å²) in [4.78, 5) is 13.9. The van der Waals surface area contributed by atoms with Crippen molar-refractivity contribution in [1.29, 1.82) is 0 Å². The van der Waals surface area contributed by atoms with Crippen molar-refractivity contribution in [3.8, 4) is 0 Å². The minimum absolute atomic E-state index is 0.0866. The lowest BCUT2D eigenvalue weighted by molar-refractivity contribution is 0.0692. The third kappa shape index (κ3) is 3.16. The molecule has 1 saturated heterocycles. The van der Waals surface area contributed by atoms with Crippen molar-refractivity contribution in [2.45, 2.75) is 6.04 Å². The van der Waals surface area contributed by atoms with E-state index in [-0.39, 0.29) is 18.1 Å². The Kier molecular flexibility index (Phi) is 4.12. The molecule has 0 bridgehead atoms. The lowest BCUT2D eigenvalue weighted by Gasteiger charge is -2.35. The monoisotopic (exact) mass is 355 g/mol. The van der Waals surface area contributed by atoms with Gasteiger partial charge in [0.05, 0.1) is 29.3 Å². The zero-order chi connectivity index (χ0) is 17.5. The van der Waals surface area contributed by atoms with Gasteiger partial charge in [0.2, 0.25) is 0 Å². The smallest absolute Gasteiger partial charge is 0.257 e. The van der Waals surface area contributed by atoms with E-state index < -0.39 is 39.0 Å². The lowest BCUT2D eigenvalue weighted by Crippen LogP contribution is -2.46. The Bertz CT molecular complexity index is 895. The standard InChI is InChI=1S/C15H15F2N3O3S/c1-19-8-10(7-18-19)14-9-24(22,23)5-4-20(14)15(21)12-6-11(16)2-3-13(12)17/h2-3,6-8,14H,4-5,9H2,1H3. The molecule has 0 spiro atoms. The van der Waals surface area contributed by atoms with Crippen molar-refractivity contribution >= 4 is 15.7 Å². The van der Waals surface area contributed by atoms with Crippen molar-refractivity contribution in [1.82, 2.24) is 14.7 Å². The first kappa shape index (κ1) is 16.6. The summed E-state index contributed by atoms with van der Waals surface area (Å²) >= 11 is 0. The molecule has 1 aliphatic rings. The molecular formula is C15H15F2N3O3S. The number of hydrogen-bond acceptors (Lipinski definition) is 4. The molecule has 1 aromatic carbocycles. The first-order valence-electron chi connectivity index (χ1n) is 7.22. The zero-order valence-corrected chi connectivity index (χ0v) is 13.6. The van der Waals surface area contributed by atoms with E-state index in [1.807, 2.05) is 0 Å². The molecular weight excluding hydrogens is 340 g/mol. The molecule has 1 unspecified atom stereocenters. The van der Waals surface area contributed by atoms with E-state index in [0.29, 0.717) is 5.56 Å². The molecule has 9 heteroatoms. The van der Waals surface area contributed by atoms with Crippen LogP contribution in [0.2, 0.25) is 0 Å². The SMILES string of the molecule is Cn1cc(C2CS(=O)(=O)CCN2C(=O)c2cc(F)ccc2F)cn1. The van der Waals surface area contributed by atoms with E-state index in [9.17, 15) is 22.0 Å². The molecule has 2 heterocycles. The third-order valence-electron chi connectivity index (χ3n) is 3.96. The van der Waals surface area contributed by atoms with E-state index in [1.165, 1.54) is 15.8 Å². The van der Waals surface area contributed by atoms with Crippen LogP contribution in [0.5, 0.6) is 0 Å². The Labute approximate surface area is 137 Å². The molecule has 1 aliphatic heterocycles. The van der Waals surface area contributed by atoms with Crippen LogP contribution in [-0.2, 0) is 16.9 Å². The van der Waals surface area contributed by atoms with Crippen LogP contribution in [0, 0.1) is 11.6 Å². The van der Waals surface area contributed by atoms with Crippen LogP contribution >= 0.6 is 0 Å². The number of aromatic nitrogens is 2. The number of carbonyl (C=O) groups excluding carboxylic acids is 1. The fraction of sp³-hybridized carbons (Fsp3) is 0.333. The van der Waals surface area contributed by atoms with E-state index >= 15 is 0 Å². The van der Waals surface area contributed by atoms with E-state index in [1.54, 1.807) is 13.2 Å². The number of rotatable bonds is 2. The van der Waals surface area contributed by atoms with Crippen LogP contribution in [0.4, 0.5) is 8.78 Å². The minimum Gasteiger partial charge on any atom is -0.329 e. The summed E-state index contributed by atoms with van der Waals surface area (Å²) < 4.78 is 52.7. The highest BCUT2D eigenvalue weighted by atomic mass is 32.2. The molecule has 1 amide bonds. The Morgan fingerprint density at radius 2 is 2.08 bits per heavy atom. The van der Waals surface area contributed by atoms with Crippen LogP contribution in [-0.4, -0.2) is 47.1 Å². The first-order valence-corrected chi connectivity index (χ1v) is 9.04. The highest BCUT2D eigenvalue weighted by Gasteiger charge is 2.37. The van der Waals surface area contributed by atoms with Crippen LogP contribution in [0.3, 0.4) is 0 Å². The van der Waals surface area contributed by atoms with Gasteiger partial charge in [0, 0.05) is 25.4 Å². The summed E-state index contributed by atoms with van der Waals surface area (Å²) in [6, 6.07) is 1.84. The number of benzene rings is 1. The van der Waals surface area contributed by atoms with Gasteiger partial charge in [0.25, 0.3) is 5.91 Å². The van der Waals surface area contributed by atoms with E-state index in [2.05, 4.69) is 5.10 Å². The van der Waals surface area contributed by atoms with Crippen molar-refractivity contribution < 1.29 is 22.0 Å². The Balaban J connectivity index is 2.00. The molecule has 1 fully saturated rings. The quantitative estimate of drug-likeness (QED) is 0.814. The zero-order valence-electron chi connectivity index (χ0n) is 12.8. The maximum atomic E-state index is 13.9. The largest absolute Gasteiger partial charge is 0.329 e. The van der Waals surface area contributed by atoms with Gasteiger partial charge in [-0.3, -0.25) is 9.48 Å². The topological polar surface area (TPSA) is 72.3 Å². The fourth-order valence-electron chi connectivity index (χ4n) is 2.75. The average Bonchev–Trinajstić information content (AvgIpc) is 2.95. The number of nitrogens with zero attached hydrogens (tertiary/aromatic N) is 3. The van der Waals surface area contributed by atoms with Crippen LogP contribution in [0.1, 0.15) is 22.0 Å². The summed E-state index contributed by atoms with van der Waals surface area (Å²) in [7, 11) is -1.67. The molecule has 128 valence electrons. The van der Waals surface area contributed by atoms with Gasteiger partial charge in [0.1, 0.15) is 11.6 Å². The fourth-order valence-corrected chi connectivity index (χ4v) is 4.25. The maximum Gasteiger partial charge on any atom is 0.257 e. The highest BCUT2D eigenvalue weighted by molar-refractivity contribution is 7.91. The number of amides is 1. The number of sulfone groups is 1. The number of aryl methyl sites for hydroxylation is 1. The average molecular weight is 355 g/mol. The van der Waals surface area contributed by atoms with Gasteiger partial charge in [0.15, 0.2) is 9.84 Å². The summed E-state index contributed by atoms with van der Waals surface area (Å²) in [5.74, 6) is -2.81. The molecule has 1 aromatic heterocycles. The molecule has 0 radical (unpaired) electrons. The maximum absolute atomic E-state index is 13.9. The number of halogens is 2. The van der Waals surface area contributed by atoms with Gasteiger partial charge >= 0.3 is 0 Å². The van der Waals surface area contributed by atoms with Crippen molar-refractivity contribution in [3.63, 3.8) is 0 Å². The Hall–Kier alpha value is -2.29. The Morgan fingerprint density at radius 3 is 2.75 bits per heavy atom. The predicted octanol–water partition coefficient (Wildman–Crippen LogP) is 1.31. The molecule has 0 N–H and O–H groups in total. The van der Waals surface area contributed by atoms with Crippen LogP contribution in [0.25, 0.3) is 0 Å². The third-order valence-corrected chi connectivity index (χ3v) is 5.59. The second-order valence-electron chi connectivity index (χ2n) is 5.70. The van der Waals surface area contributed by atoms with Gasteiger partial charge in [-0.2, -0.15) is 5.10 Å². The summed E-state index contributed by atoms with van der Waals surface area (Å²) in [6.07, 6.45) is 3.07. The van der Waals surface area contributed by atoms with Crippen molar-refractivity contribution in [3.05, 3.63) is 53.4 Å². The van der Waals surface area contributed by atoms with E-state index in [0.717, 1.165) is 18.2 Å². The second kappa shape index (κ2) is 5.97. The first-order chi connectivity index (χ1) is 11.3. The van der Waals surface area contributed by atoms with Gasteiger partial charge in [-0.25, -0.2) is 17.2 Å². The van der Waals surface area contributed by atoms with Gasteiger partial charge in [-0.15, -0.1) is 0 Å². The van der Waals surface area contributed by atoms with Gasteiger partial charge in [-0.05, 0) is 18.2 Å². The Morgan fingerprint density at radius 1 is 1.33 bits per heavy atom. The molecule has 0 aliphatic carbocycles. The normalized spacial score (nSPS) is 20.1. The highest BCUT2D eigenvalue weighted by Crippen LogP contribution is 2.28. The molecule has 2 aromatic rings. The molecule has 24 heavy (non-hydrogen) atoms. The summed E-state index contributed by atoms with van der Waals surface area (Å²) in [6.45, 7) is -0.0866. The number of hydrogen-bond donors (Lipinski definition) is 0. The van der Waals surface area contributed by atoms with Gasteiger partial charge in [-0.1, -0.05) is 0 Å².